The number of hydrogen-bond acceptors (Lipinski definition) is 2. The highest BCUT2D eigenvalue weighted by Crippen LogP contribution is 2.38. The zero-order valence-electron chi connectivity index (χ0n) is 13.5. The van der Waals surface area contributed by atoms with E-state index in [2.05, 4.69) is 4.98 Å². The highest BCUT2D eigenvalue weighted by molar-refractivity contribution is 5.47. The van der Waals surface area contributed by atoms with E-state index in [-0.39, 0.29) is 0 Å². The Kier molecular flexibility index (Phi) is 4.35. The number of halogens is 3. The summed E-state index contributed by atoms with van der Waals surface area (Å²) in [6.45, 7) is 1.92. The highest BCUT2D eigenvalue weighted by atomic mass is 19.4. The van der Waals surface area contributed by atoms with Crippen LogP contribution in [0.3, 0.4) is 0 Å². The molecule has 25 heavy (non-hydrogen) atoms. The van der Waals surface area contributed by atoms with Crippen molar-refractivity contribution in [1.29, 1.82) is 0 Å². The number of aliphatic hydroxyl groups is 1. The van der Waals surface area contributed by atoms with Crippen molar-refractivity contribution >= 4 is 0 Å². The van der Waals surface area contributed by atoms with Gasteiger partial charge in [0.2, 0.25) is 0 Å². The molecule has 1 unspecified atom stereocenters. The molecule has 0 aliphatic heterocycles. The Balaban J connectivity index is 2.16. The molecule has 1 N–H and O–H groups in total. The molecule has 128 valence electrons. The van der Waals surface area contributed by atoms with Gasteiger partial charge in [0.25, 0.3) is 0 Å². The lowest BCUT2D eigenvalue weighted by Gasteiger charge is -2.30. The molecule has 0 amide bonds. The van der Waals surface area contributed by atoms with Gasteiger partial charge in [-0.2, -0.15) is 13.2 Å². The highest BCUT2D eigenvalue weighted by Gasteiger charge is 2.35. The molecule has 0 aliphatic carbocycles. The minimum atomic E-state index is -4.42. The molecular weight excluding hydrogens is 327 g/mol. The molecule has 0 saturated carbocycles. The molecule has 5 heteroatoms. The van der Waals surface area contributed by atoms with Crippen LogP contribution in [0, 0.1) is 6.92 Å². The summed E-state index contributed by atoms with van der Waals surface area (Å²) in [6.07, 6.45) is -1.34. The predicted octanol–water partition coefficient (Wildman–Crippen LogP) is 4.69. The minimum absolute atomic E-state index is 0.357. The molecule has 0 radical (unpaired) electrons. The van der Waals surface area contributed by atoms with E-state index in [1.165, 1.54) is 12.1 Å². The van der Waals surface area contributed by atoms with Gasteiger partial charge in [-0.3, -0.25) is 4.98 Å². The molecule has 2 aromatic carbocycles. The van der Waals surface area contributed by atoms with Gasteiger partial charge in [0, 0.05) is 12.4 Å². The standard InChI is InChI=1S/C20H16F3NO/c1-14-2-4-15(5-3-14)19(25,17-10-12-24-13-11-17)16-6-8-18(9-7-16)20(21,22)23/h2-13,25H,1H3. The van der Waals surface area contributed by atoms with Gasteiger partial charge in [-0.1, -0.05) is 42.0 Å². The monoisotopic (exact) mass is 343 g/mol. The summed E-state index contributed by atoms with van der Waals surface area (Å²) < 4.78 is 38.5. The Bertz CT molecular complexity index is 843. The number of nitrogens with zero attached hydrogens (tertiary/aromatic N) is 1. The van der Waals surface area contributed by atoms with Gasteiger partial charge in [0.1, 0.15) is 5.60 Å². The summed E-state index contributed by atoms with van der Waals surface area (Å²) in [5.41, 5.74) is 0.164. The van der Waals surface area contributed by atoms with Crippen LogP contribution in [0.25, 0.3) is 0 Å². The Labute approximate surface area is 143 Å². The fourth-order valence-electron chi connectivity index (χ4n) is 2.79. The van der Waals surface area contributed by atoms with Crippen molar-refractivity contribution in [2.24, 2.45) is 0 Å². The van der Waals surface area contributed by atoms with Gasteiger partial charge < -0.3 is 5.11 Å². The fraction of sp³-hybridized carbons (Fsp3) is 0.150. The van der Waals surface area contributed by atoms with E-state index in [4.69, 9.17) is 0 Å². The van der Waals surface area contributed by atoms with Crippen LogP contribution in [0.5, 0.6) is 0 Å². The van der Waals surface area contributed by atoms with Gasteiger partial charge >= 0.3 is 6.18 Å². The Morgan fingerprint density at radius 3 is 1.56 bits per heavy atom. The Hall–Kier alpha value is -2.66. The summed E-state index contributed by atoms with van der Waals surface area (Å²) >= 11 is 0. The molecule has 3 rings (SSSR count). The van der Waals surface area contributed by atoms with Crippen LogP contribution < -0.4 is 0 Å². The van der Waals surface area contributed by atoms with Crippen LogP contribution in [-0.2, 0) is 11.8 Å². The zero-order valence-corrected chi connectivity index (χ0v) is 13.5. The third kappa shape index (κ3) is 3.28. The molecule has 0 spiro atoms. The third-order valence-corrected chi connectivity index (χ3v) is 4.20. The molecule has 1 atom stereocenters. The first-order valence-electron chi connectivity index (χ1n) is 7.69. The largest absolute Gasteiger partial charge is 0.416 e. The maximum absolute atomic E-state index is 12.8. The SMILES string of the molecule is Cc1ccc(C(O)(c2ccncc2)c2ccc(C(F)(F)F)cc2)cc1. The summed E-state index contributed by atoms with van der Waals surface area (Å²) in [4.78, 5) is 3.95. The first kappa shape index (κ1) is 17.2. The third-order valence-electron chi connectivity index (χ3n) is 4.20. The first-order chi connectivity index (χ1) is 11.8. The quantitative estimate of drug-likeness (QED) is 0.748. The summed E-state index contributed by atoms with van der Waals surface area (Å²) in [5, 5.41) is 11.5. The maximum Gasteiger partial charge on any atom is 0.416 e. The molecule has 2 nitrogen and oxygen atoms in total. The van der Waals surface area contributed by atoms with E-state index in [0.717, 1.165) is 17.7 Å². The van der Waals surface area contributed by atoms with Crippen LogP contribution in [-0.4, -0.2) is 10.1 Å². The van der Waals surface area contributed by atoms with Crippen molar-refractivity contribution < 1.29 is 18.3 Å². The van der Waals surface area contributed by atoms with Crippen LogP contribution in [0.1, 0.15) is 27.8 Å². The number of benzene rings is 2. The average Bonchev–Trinajstić information content (AvgIpc) is 2.62. The first-order valence-corrected chi connectivity index (χ1v) is 7.69. The van der Waals surface area contributed by atoms with Crippen molar-refractivity contribution in [3.63, 3.8) is 0 Å². The second kappa shape index (κ2) is 6.33. The number of pyridine rings is 1. The number of alkyl halides is 3. The lowest BCUT2D eigenvalue weighted by Crippen LogP contribution is -2.29. The van der Waals surface area contributed by atoms with Crippen molar-refractivity contribution in [2.75, 3.05) is 0 Å². The molecule has 0 bridgehead atoms. The summed E-state index contributed by atoms with van der Waals surface area (Å²) in [7, 11) is 0. The van der Waals surface area contributed by atoms with E-state index in [0.29, 0.717) is 16.7 Å². The lowest BCUT2D eigenvalue weighted by atomic mass is 9.80. The van der Waals surface area contributed by atoms with Gasteiger partial charge in [-0.15, -0.1) is 0 Å². The number of rotatable bonds is 3. The van der Waals surface area contributed by atoms with Crippen LogP contribution in [0.2, 0.25) is 0 Å². The molecule has 0 fully saturated rings. The topological polar surface area (TPSA) is 33.1 Å². The molecule has 3 aromatic rings. The van der Waals surface area contributed by atoms with Crippen LogP contribution in [0.4, 0.5) is 13.2 Å². The molecule has 0 aliphatic rings. The van der Waals surface area contributed by atoms with Gasteiger partial charge in [0.05, 0.1) is 5.56 Å². The summed E-state index contributed by atoms with van der Waals surface area (Å²) in [5.74, 6) is 0. The molecule has 1 heterocycles. The van der Waals surface area contributed by atoms with Gasteiger partial charge in [-0.05, 0) is 47.9 Å². The summed E-state index contributed by atoms with van der Waals surface area (Å²) in [6, 6.07) is 15.1. The molecular formula is C20H16F3NO. The van der Waals surface area contributed by atoms with E-state index >= 15 is 0 Å². The second-order valence-electron chi connectivity index (χ2n) is 5.89. The fourth-order valence-corrected chi connectivity index (χ4v) is 2.79. The van der Waals surface area contributed by atoms with E-state index in [9.17, 15) is 18.3 Å². The second-order valence-corrected chi connectivity index (χ2v) is 5.89. The number of aromatic nitrogens is 1. The number of aryl methyl sites for hydroxylation is 1. The number of hydrogen-bond donors (Lipinski definition) is 1. The smallest absolute Gasteiger partial charge is 0.376 e. The Morgan fingerprint density at radius 1 is 0.680 bits per heavy atom. The van der Waals surface area contributed by atoms with Crippen LogP contribution in [0.15, 0.2) is 73.1 Å². The van der Waals surface area contributed by atoms with Crippen molar-refractivity contribution in [1.82, 2.24) is 4.98 Å². The molecule has 1 aromatic heterocycles. The lowest BCUT2D eigenvalue weighted by molar-refractivity contribution is -0.137. The van der Waals surface area contributed by atoms with Crippen molar-refractivity contribution in [2.45, 2.75) is 18.7 Å². The van der Waals surface area contributed by atoms with Crippen molar-refractivity contribution in [3.8, 4) is 0 Å². The average molecular weight is 343 g/mol. The van der Waals surface area contributed by atoms with E-state index in [1.807, 2.05) is 19.1 Å². The Morgan fingerprint density at radius 2 is 1.08 bits per heavy atom. The van der Waals surface area contributed by atoms with E-state index in [1.54, 1.807) is 36.7 Å². The normalized spacial score (nSPS) is 14.1. The van der Waals surface area contributed by atoms with E-state index < -0.39 is 17.3 Å². The van der Waals surface area contributed by atoms with Crippen LogP contribution >= 0.6 is 0 Å². The zero-order chi connectivity index (χ0) is 18.1. The minimum Gasteiger partial charge on any atom is -0.376 e. The molecule has 0 saturated heterocycles. The van der Waals surface area contributed by atoms with Gasteiger partial charge in [0.15, 0.2) is 0 Å². The van der Waals surface area contributed by atoms with Crippen molar-refractivity contribution in [3.05, 3.63) is 101 Å². The van der Waals surface area contributed by atoms with Gasteiger partial charge in [-0.25, -0.2) is 0 Å². The predicted molar refractivity (Wildman–Crippen MR) is 89.0 cm³/mol. The maximum atomic E-state index is 12.8.